The van der Waals surface area contributed by atoms with Gasteiger partial charge in [-0.05, 0) is 72.5 Å². The van der Waals surface area contributed by atoms with Crippen molar-refractivity contribution in [3.63, 3.8) is 0 Å². The first kappa shape index (κ1) is 38.3. The number of benzene rings is 4. The minimum absolute atomic E-state index is 0.216. The fourth-order valence-electron chi connectivity index (χ4n) is 4.63. The SMILES string of the molecule is COc1ccc(CCCN[C@H](c2ccccc2)[C@H](NS(=O)(=O)c2ccc(C#C[Si](C)(C)C)cc2)c2ccccc2)cc1.[Cl][Ru]([Cl])[Cl]. The summed E-state index contributed by atoms with van der Waals surface area (Å²) < 4.78 is 35.8. The second kappa shape index (κ2) is 19.0. The van der Waals surface area contributed by atoms with Gasteiger partial charge in [0.05, 0.1) is 24.1 Å². The van der Waals surface area contributed by atoms with E-state index in [0.717, 1.165) is 35.3 Å². The molecule has 0 fully saturated rings. The molecule has 0 radical (unpaired) electrons. The molecule has 0 aliphatic heterocycles. The number of sulfonamides is 1. The topological polar surface area (TPSA) is 67.4 Å². The molecule has 5 nitrogen and oxygen atoms in total. The normalized spacial score (nSPS) is 12.9. The fourth-order valence-corrected chi connectivity index (χ4v) is 6.39. The van der Waals surface area contributed by atoms with Crippen molar-refractivity contribution in [1.82, 2.24) is 10.0 Å². The third kappa shape index (κ3) is 13.5. The van der Waals surface area contributed by atoms with Gasteiger partial charge in [-0.25, -0.2) is 13.1 Å². The zero-order valence-corrected chi connectivity index (χ0v) is 32.1. The number of halogens is 3. The molecule has 0 spiro atoms. The summed E-state index contributed by atoms with van der Waals surface area (Å²) in [6.07, 6.45) is 1.79. The van der Waals surface area contributed by atoms with Crippen molar-refractivity contribution in [2.45, 2.75) is 49.5 Å². The predicted octanol–water partition coefficient (Wildman–Crippen LogP) is 8.97. The van der Waals surface area contributed by atoms with E-state index in [-0.39, 0.29) is 10.9 Å². The van der Waals surface area contributed by atoms with Crippen molar-refractivity contribution in [3.05, 3.63) is 131 Å². The van der Waals surface area contributed by atoms with Crippen molar-refractivity contribution in [2.24, 2.45) is 0 Å². The summed E-state index contributed by atoms with van der Waals surface area (Å²) in [5, 5.41) is 3.68. The Morgan fingerprint density at radius 3 is 1.80 bits per heavy atom. The third-order valence-corrected chi connectivity index (χ3v) is 9.18. The van der Waals surface area contributed by atoms with Gasteiger partial charge in [0.15, 0.2) is 0 Å². The van der Waals surface area contributed by atoms with Gasteiger partial charge in [0.1, 0.15) is 13.8 Å². The molecule has 0 aromatic heterocycles. The quantitative estimate of drug-likeness (QED) is 0.0853. The summed E-state index contributed by atoms with van der Waals surface area (Å²) in [7, 11) is 11.1. The molecule has 0 aliphatic rings. The maximum absolute atomic E-state index is 13.8. The maximum atomic E-state index is 13.8. The molecule has 0 aliphatic carbocycles. The van der Waals surface area contributed by atoms with E-state index in [4.69, 9.17) is 33.8 Å². The van der Waals surface area contributed by atoms with Crippen LogP contribution in [0.5, 0.6) is 5.75 Å². The molecule has 0 saturated carbocycles. The first-order valence-electron chi connectivity index (χ1n) is 14.7. The first-order chi connectivity index (χ1) is 21.9. The molecule has 247 valence electrons. The zero-order chi connectivity index (χ0) is 33.6. The van der Waals surface area contributed by atoms with E-state index >= 15 is 0 Å². The number of rotatable bonds is 12. The predicted molar refractivity (Wildman–Crippen MR) is 192 cm³/mol. The first-order valence-corrected chi connectivity index (χ1v) is 26.4. The molecule has 0 bridgehead atoms. The Morgan fingerprint density at radius 1 is 0.783 bits per heavy atom. The summed E-state index contributed by atoms with van der Waals surface area (Å²) in [6.45, 7) is 7.26. The Morgan fingerprint density at radius 2 is 1.30 bits per heavy atom. The van der Waals surface area contributed by atoms with Crippen LogP contribution in [0.1, 0.15) is 40.8 Å². The van der Waals surface area contributed by atoms with E-state index < -0.39 is 37.1 Å². The summed E-state index contributed by atoms with van der Waals surface area (Å²) in [5.41, 5.74) is 7.27. The van der Waals surface area contributed by atoms with Crippen LogP contribution in [0.2, 0.25) is 19.6 Å². The van der Waals surface area contributed by atoms with Crippen LogP contribution < -0.4 is 14.8 Å². The fraction of sp³-hybridized carbons (Fsp3) is 0.257. The number of ether oxygens (including phenoxy) is 1. The van der Waals surface area contributed by atoms with Crippen LogP contribution in [-0.4, -0.2) is 30.1 Å². The number of nitrogens with one attached hydrogen (secondary N) is 2. The van der Waals surface area contributed by atoms with E-state index in [2.05, 4.69) is 53.3 Å². The van der Waals surface area contributed by atoms with Crippen LogP contribution in [0.25, 0.3) is 0 Å². The van der Waals surface area contributed by atoms with Crippen LogP contribution in [0, 0.1) is 11.5 Å². The molecule has 4 rings (SSSR count). The average molecular weight is 804 g/mol. The van der Waals surface area contributed by atoms with Crippen molar-refractivity contribution >= 4 is 47.2 Å². The minimum atomic E-state index is -3.84. The second-order valence-electron chi connectivity index (χ2n) is 11.5. The third-order valence-electron chi connectivity index (χ3n) is 6.84. The Labute approximate surface area is 293 Å². The Hall–Kier alpha value is -2.18. The monoisotopic (exact) mass is 803 g/mol. The van der Waals surface area contributed by atoms with Gasteiger partial charge in [0, 0.05) is 5.56 Å². The standard InChI is InChI=1S/C35H40N2O3SSi.3ClH.Ru/c1-40-32-21-17-28(18-22-32)12-11-26-36-34(30-13-7-5-8-14-30)35(31-15-9-6-10-16-31)37-41(38,39)33-23-19-29(20-24-33)25-27-42(2,3)4;;;;/h5-10,13-24,34-37H,11-12,26H2,1-4H3;3*1H;/q;;;;+3/p-3/t34-,35-;;;;/m1..../s1. The summed E-state index contributed by atoms with van der Waals surface area (Å²) in [6, 6.07) is 33.9. The van der Waals surface area contributed by atoms with Crippen LogP contribution in [0.4, 0.5) is 0 Å². The van der Waals surface area contributed by atoms with Gasteiger partial charge in [-0.2, -0.15) is 0 Å². The zero-order valence-electron chi connectivity index (χ0n) is 26.3. The van der Waals surface area contributed by atoms with Crippen LogP contribution in [0.15, 0.2) is 114 Å². The molecule has 11 heteroatoms. The number of hydrogen-bond acceptors (Lipinski definition) is 4. The molecular weight excluding hydrogens is 764 g/mol. The molecular formula is C35H40Cl3N2O3RuSSi. The van der Waals surface area contributed by atoms with Gasteiger partial charge in [0.2, 0.25) is 10.0 Å². The van der Waals surface area contributed by atoms with Crippen LogP contribution >= 0.6 is 29.1 Å². The Bertz CT molecular complexity index is 1640. The molecule has 2 N–H and O–H groups in total. The Balaban J connectivity index is 0.00000136. The molecule has 2 atom stereocenters. The van der Waals surface area contributed by atoms with Crippen LogP contribution in [-0.2, 0) is 29.4 Å². The molecule has 4 aromatic carbocycles. The number of hydrogen-bond donors (Lipinski definition) is 2. The molecule has 4 aromatic rings. The summed E-state index contributed by atoms with van der Waals surface area (Å²) in [5.74, 6) is 4.04. The van der Waals surface area contributed by atoms with Crippen molar-refractivity contribution < 1.29 is 26.1 Å². The van der Waals surface area contributed by atoms with E-state index in [9.17, 15) is 8.42 Å². The molecule has 46 heavy (non-hydrogen) atoms. The van der Waals surface area contributed by atoms with Gasteiger partial charge in [-0.15, -0.1) is 5.54 Å². The summed E-state index contributed by atoms with van der Waals surface area (Å²) in [4.78, 5) is 0.216. The molecule has 0 heterocycles. The second-order valence-corrected chi connectivity index (χ2v) is 25.9. The van der Waals surface area contributed by atoms with Crippen molar-refractivity contribution in [3.8, 4) is 17.2 Å². The summed E-state index contributed by atoms with van der Waals surface area (Å²) >= 11 is -1.75. The van der Waals surface area contributed by atoms with E-state index in [1.165, 1.54) is 5.56 Å². The van der Waals surface area contributed by atoms with Crippen molar-refractivity contribution in [2.75, 3.05) is 13.7 Å². The van der Waals surface area contributed by atoms with Crippen LogP contribution in [0.3, 0.4) is 0 Å². The van der Waals surface area contributed by atoms with E-state index in [1.807, 2.05) is 72.8 Å². The Kier molecular flexibility index (Phi) is 15.8. The molecule has 0 unspecified atom stereocenters. The number of methoxy groups -OCH3 is 1. The molecule has 0 amide bonds. The van der Waals surface area contributed by atoms with E-state index in [1.54, 1.807) is 31.4 Å². The van der Waals surface area contributed by atoms with Gasteiger partial charge in [0.25, 0.3) is 0 Å². The molecule has 0 saturated heterocycles. The van der Waals surface area contributed by atoms with Gasteiger partial charge >= 0.3 is 42.1 Å². The van der Waals surface area contributed by atoms with E-state index in [0.29, 0.717) is 6.54 Å². The van der Waals surface area contributed by atoms with Gasteiger partial charge < -0.3 is 10.1 Å². The van der Waals surface area contributed by atoms with Gasteiger partial charge in [-0.3, -0.25) is 0 Å². The number of aryl methyl sites for hydroxylation is 1. The average Bonchev–Trinajstić information content (AvgIpc) is 3.04. The van der Waals surface area contributed by atoms with Crippen molar-refractivity contribution in [1.29, 1.82) is 0 Å². The van der Waals surface area contributed by atoms with Gasteiger partial charge in [-0.1, -0.05) is 98.4 Å².